The van der Waals surface area contributed by atoms with Crippen LogP contribution in [0.15, 0.2) is 78.6 Å². The predicted molar refractivity (Wildman–Crippen MR) is 137 cm³/mol. The van der Waals surface area contributed by atoms with Crippen molar-refractivity contribution in [3.63, 3.8) is 0 Å². The highest BCUT2D eigenvalue weighted by molar-refractivity contribution is 5.85. The molecule has 0 saturated heterocycles. The number of allylic oxidation sites excluding steroid dienone is 3. The van der Waals surface area contributed by atoms with Gasteiger partial charge in [-0.05, 0) is 29.3 Å². The number of hydrogen-bond acceptors (Lipinski definition) is 1. The Morgan fingerprint density at radius 3 is 2.32 bits per heavy atom. The molecule has 34 heavy (non-hydrogen) atoms. The molecule has 2 aromatic carbocycles. The number of benzene rings is 2. The molecule has 3 nitrogen and oxygen atoms in total. The quantitative estimate of drug-likeness (QED) is 0.195. The van der Waals surface area contributed by atoms with Gasteiger partial charge in [-0.3, -0.25) is 0 Å². The highest BCUT2D eigenvalue weighted by Gasteiger charge is 2.37. The van der Waals surface area contributed by atoms with Crippen molar-refractivity contribution in [2.24, 2.45) is 0 Å². The lowest BCUT2D eigenvalue weighted by atomic mass is 9.84. The van der Waals surface area contributed by atoms with E-state index in [-0.39, 0.29) is 53.4 Å². The van der Waals surface area contributed by atoms with Gasteiger partial charge in [0.15, 0.2) is 12.7 Å². The van der Waals surface area contributed by atoms with Crippen LogP contribution in [0.3, 0.4) is 0 Å². The van der Waals surface area contributed by atoms with Crippen LogP contribution in [0.2, 0.25) is 0 Å². The first-order chi connectivity index (χ1) is 15.2. The number of pyridine rings is 1. The molecule has 1 aromatic heterocycles. The van der Waals surface area contributed by atoms with Gasteiger partial charge < -0.3 is 57.3 Å². The number of nitrogens with zero attached hydrogens (tertiary/aromatic N) is 3. The minimum atomic E-state index is 0. The van der Waals surface area contributed by atoms with Gasteiger partial charge in [-0.15, -0.1) is 0 Å². The Hall–Kier alpha value is -1.45. The Morgan fingerprint density at radius 1 is 0.941 bits per heavy atom. The molecule has 5 heteroatoms. The van der Waals surface area contributed by atoms with Gasteiger partial charge in [0.2, 0.25) is 5.52 Å². The zero-order valence-electron chi connectivity index (χ0n) is 21.2. The topological polar surface area (TPSA) is 7.12 Å². The monoisotopic (exact) mass is 681 g/mol. The Balaban J connectivity index is 0.00000204. The van der Waals surface area contributed by atoms with E-state index in [1.807, 2.05) is 0 Å². The lowest BCUT2D eigenvalue weighted by Gasteiger charge is -2.23. The summed E-state index contributed by atoms with van der Waals surface area (Å²) in [7, 11) is 8.94. The van der Waals surface area contributed by atoms with Crippen LogP contribution in [0.4, 0.5) is 5.69 Å². The molecule has 0 fully saturated rings. The zero-order valence-corrected chi connectivity index (χ0v) is 25.5. The standard InChI is InChI=1S/C29H37N3.2HI/c1-29(2)25-15-8-10-17-27(25)30(3)28(29)18-11-13-23-19-21-31(20-12-22-32(4,5)6)26-16-9-7-14-24(23)26;;/h7-11,13-19,21H,12,20,22H2,1-6H3;2*1H/q+2;;/p-2. The second-order valence-corrected chi connectivity index (χ2v) is 10.5. The summed E-state index contributed by atoms with van der Waals surface area (Å²) in [6.45, 7) is 6.84. The molecule has 3 aromatic rings. The maximum absolute atomic E-state index is 2.39. The third kappa shape index (κ3) is 6.02. The average Bonchev–Trinajstić information content (AvgIpc) is 2.95. The average molecular weight is 681 g/mol. The highest BCUT2D eigenvalue weighted by Crippen LogP contribution is 2.46. The number of halogens is 2. The number of hydrogen-bond donors (Lipinski definition) is 0. The molecule has 4 rings (SSSR count). The van der Waals surface area contributed by atoms with Crippen molar-refractivity contribution in [1.82, 2.24) is 0 Å². The zero-order chi connectivity index (χ0) is 22.9. The van der Waals surface area contributed by atoms with E-state index in [0.29, 0.717) is 0 Å². The van der Waals surface area contributed by atoms with E-state index in [4.69, 9.17) is 0 Å². The van der Waals surface area contributed by atoms with E-state index in [9.17, 15) is 0 Å². The third-order valence-electron chi connectivity index (χ3n) is 6.66. The van der Waals surface area contributed by atoms with Crippen LogP contribution in [-0.4, -0.2) is 39.2 Å². The summed E-state index contributed by atoms with van der Waals surface area (Å²) in [6, 6.07) is 19.7. The molecule has 0 radical (unpaired) electrons. The lowest BCUT2D eigenvalue weighted by molar-refractivity contribution is -0.873. The van der Waals surface area contributed by atoms with Crippen LogP contribution in [0.1, 0.15) is 31.4 Å². The van der Waals surface area contributed by atoms with Crippen LogP contribution in [0, 0.1) is 0 Å². The van der Waals surface area contributed by atoms with Gasteiger partial charge in [0, 0.05) is 36.0 Å². The fraction of sp³-hybridized carbons (Fsp3) is 0.345. The molecule has 0 amide bonds. The van der Waals surface area contributed by atoms with Gasteiger partial charge in [0.1, 0.15) is 0 Å². The largest absolute Gasteiger partial charge is 1.00 e. The Morgan fingerprint density at radius 2 is 1.62 bits per heavy atom. The summed E-state index contributed by atoms with van der Waals surface area (Å²) in [6.07, 6.45) is 10.1. The number of anilines is 1. The van der Waals surface area contributed by atoms with E-state index in [1.165, 1.54) is 46.4 Å². The Kier molecular flexibility index (Phi) is 9.76. The van der Waals surface area contributed by atoms with Gasteiger partial charge in [-0.1, -0.05) is 56.3 Å². The number of rotatable bonds is 6. The molecule has 1 aliphatic rings. The summed E-state index contributed by atoms with van der Waals surface area (Å²) in [5, 5.41) is 1.30. The molecule has 0 atom stereocenters. The van der Waals surface area contributed by atoms with E-state index >= 15 is 0 Å². The van der Waals surface area contributed by atoms with Gasteiger partial charge in [0.05, 0.1) is 39.5 Å². The maximum Gasteiger partial charge on any atom is 0.213 e. The molecule has 2 heterocycles. The first-order valence-electron chi connectivity index (χ1n) is 11.6. The van der Waals surface area contributed by atoms with E-state index in [2.05, 4.69) is 131 Å². The molecule has 0 unspecified atom stereocenters. The van der Waals surface area contributed by atoms with Crippen molar-refractivity contribution in [2.45, 2.75) is 32.2 Å². The Labute approximate surface area is 239 Å². The Bertz CT molecular complexity index is 1190. The summed E-state index contributed by atoms with van der Waals surface area (Å²) in [5.74, 6) is 0. The van der Waals surface area contributed by atoms with Crippen molar-refractivity contribution in [3.05, 3.63) is 89.8 Å². The summed E-state index contributed by atoms with van der Waals surface area (Å²) < 4.78 is 3.40. The van der Waals surface area contributed by atoms with Crippen molar-refractivity contribution in [2.75, 3.05) is 39.6 Å². The number of aryl methyl sites for hydroxylation is 1. The molecular formula is C29H37I2N3. The van der Waals surface area contributed by atoms with Crippen molar-refractivity contribution in [3.8, 4) is 0 Å². The number of likely N-dealkylation sites (N-methyl/N-ethyl adjacent to an activating group) is 1. The maximum atomic E-state index is 2.39. The molecule has 0 saturated carbocycles. The summed E-state index contributed by atoms with van der Waals surface area (Å²) in [4.78, 5) is 2.32. The minimum absolute atomic E-state index is 0. The molecule has 0 bridgehead atoms. The smallest absolute Gasteiger partial charge is 0.213 e. The first-order valence-corrected chi connectivity index (χ1v) is 11.6. The summed E-state index contributed by atoms with van der Waals surface area (Å²) >= 11 is 0. The normalized spacial score (nSPS) is 15.9. The highest BCUT2D eigenvalue weighted by atomic mass is 127. The number of aromatic nitrogens is 1. The first kappa shape index (κ1) is 28.8. The van der Waals surface area contributed by atoms with Gasteiger partial charge in [-0.2, -0.15) is 4.57 Å². The third-order valence-corrected chi connectivity index (χ3v) is 6.66. The van der Waals surface area contributed by atoms with E-state index in [0.717, 1.165) is 11.0 Å². The molecular weight excluding hydrogens is 644 g/mol. The molecule has 1 aliphatic heterocycles. The van der Waals surface area contributed by atoms with Crippen LogP contribution in [0.25, 0.3) is 17.0 Å². The predicted octanol–water partition coefficient (Wildman–Crippen LogP) is -0.444. The molecule has 0 aliphatic carbocycles. The van der Waals surface area contributed by atoms with E-state index < -0.39 is 0 Å². The fourth-order valence-corrected chi connectivity index (χ4v) is 4.91. The molecule has 0 spiro atoms. The van der Waals surface area contributed by atoms with Crippen molar-refractivity contribution >= 4 is 22.7 Å². The second kappa shape index (κ2) is 11.5. The van der Waals surface area contributed by atoms with Crippen LogP contribution >= 0.6 is 0 Å². The van der Waals surface area contributed by atoms with Gasteiger partial charge in [0.25, 0.3) is 0 Å². The minimum Gasteiger partial charge on any atom is -1.00 e. The fourth-order valence-electron chi connectivity index (χ4n) is 4.91. The van der Waals surface area contributed by atoms with E-state index in [1.54, 1.807) is 0 Å². The van der Waals surface area contributed by atoms with Crippen LogP contribution in [-0.2, 0) is 12.0 Å². The van der Waals surface area contributed by atoms with Crippen molar-refractivity contribution < 1.29 is 57.0 Å². The molecule has 182 valence electrons. The summed E-state index contributed by atoms with van der Waals surface area (Å²) in [5.41, 5.74) is 6.58. The number of quaternary nitrogens is 1. The molecule has 0 N–H and O–H groups in total. The van der Waals surface area contributed by atoms with Gasteiger partial charge in [-0.25, -0.2) is 0 Å². The SMILES string of the molecule is CN1/C(=C/C=C/c2cc[n+](CCC[N+](C)(C)C)c3ccccc23)C(C)(C)c2ccccc21.[I-].[I-]. The lowest BCUT2D eigenvalue weighted by Crippen LogP contribution is -3.00. The van der Waals surface area contributed by atoms with Crippen LogP contribution in [0.5, 0.6) is 0 Å². The van der Waals surface area contributed by atoms with Gasteiger partial charge >= 0.3 is 0 Å². The van der Waals surface area contributed by atoms with Crippen molar-refractivity contribution in [1.29, 1.82) is 0 Å². The number of fused-ring (bicyclic) bond motifs is 2. The second-order valence-electron chi connectivity index (χ2n) is 10.5. The number of para-hydroxylation sites is 2. The van der Waals surface area contributed by atoms with Crippen LogP contribution < -0.4 is 57.4 Å².